The first-order valence-corrected chi connectivity index (χ1v) is 6.64. The number of hydrogen-bond donors (Lipinski definition) is 1. The number of benzene rings is 2. The van der Waals surface area contributed by atoms with Gasteiger partial charge in [-0.3, -0.25) is 0 Å². The Balaban J connectivity index is 2.08. The summed E-state index contributed by atoms with van der Waals surface area (Å²) < 4.78 is 0. The molecule has 0 radical (unpaired) electrons. The summed E-state index contributed by atoms with van der Waals surface area (Å²) in [7, 11) is 0. The smallest absolute Gasteiger partial charge is 0.0991 e. The third kappa shape index (κ3) is 3.59. The molecule has 1 N–H and O–H groups in total. The predicted molar refractivity (Wildman–Crippen MR) is 78.9 cm³/mol. The van der Waals surface area contributed by atoms with Gasteiger partial charge in [0.2, 0.25) is 0 Å². The van der Waals surface area contributed by atoms with E-state index in [9.17, 15) is 0 Å². The highest BCUT2D eigenvalue weighted by Gasteiger charge is 2.01. The van der Waals surface area contributed by atoms with Crippen LogP contribution in [0.4, 0.5) is 5.69 Å². The molecule has 96 valence electrons. The van der Waals surface area contributed by atoms with E-state index in [0.29, 0.717) is 5.56 Å². The summed E-state index contributed by atoms with van der Waals surface area (Å²) in [4.78, 5) is 0. The fourth-order valence-corrected chi connectivity index (χ4v) is 2.13. The molecule has 19 heavy (non-hydrogen) atoms. The lowest BCUT2D eigenvalue weighted by Gasteiger charge is -2.11. The van der Waals surface area contributed by atoms with Crippen molar-refractivity contribution in [1.29, 1.82) is 5.26 Å². The summed E-state index contributed by atoms with van der Waals surface area (Å²) in [6.07, 6.45) is 2.23. The largest absolute Gasteiger partial charge is 0.381 e. The van der Waals surface area contributed by atoms with Crippen LogP contribution in [0.3, 0.4) is 0 Å². The van der Waals surface area contributed by atoms with Gasteiger partial charge in [0.05, 0.1) is 11.6 Å². The number of nitriles is 1. The molecule has 0 aromatic heterocycles. The van der Waals surface area contributed by atoms with Crippen molar-refractivity contribution in [2.45, 2.75) is 26.3 Å². The van der Waals surface area contributed by atoms with Gasteiger partial charge in [0, 0.05) is 12.2 Å². The van der Waals surface area contributed by atoms with Crippen LogP contribution >= 0.6 is 0 Å². The maximum Gasteiger partial charge on any atom is 0.0991 e. The molecule has 0 saturated heterocycles. The minimum atomic E-state index is 0.709. The van der Waals surface area contributed by atoms with Gasteiger partial charge in [-0.15, -0.1) is 0 Å². The molecule has 0 bridgehead atoms. The van der Waals surface area contributed by atoms with Gasteiger partial charge in [0.25, 0.3) is 0 Å². The fraction of sp³-hybridized carbons (Fsp3) is 0.235. The van der Waals surface area contributed by atoms with E-state index in [2.05, 4.69) is 36.5 Å². The highest BCUT2D eigenvalue weighted by molar-refractivity contribution is 5.51. The SMILES string of the molecule is CCCc1ccccc1NCc1cccc(C#N)c1. The van der Waals surface area contributed by atoms with Crippen molar-refractivity contribution in [3.63, 3.8) is 0 Å². The lowest BCUT2D eigenvalue weighted by Crippen LogP contribution is -2.02. The zero-order valence-electron chi connectivity index (χ0n) is 11.2. The molecule has 2 aromatic rings. The van der Waals surface area contributed by atoms with Gasteiger partial charge in [-0.25, -0.2) is 0 Å². The molecule has 0 heterocycles. The van der Waals surface area contributed by atoms with Crippen molar-refractivity contribution in [3.05, 3.63) is 65.2 Å². The molecule has 2 aromatic carbocycles. The number of rotatable bonds is 5. The van der Waals surface area contributed by atoms with E-state index >= 15 is 0 Å². The summed E-state index contributed by atoms with van der Waals surface area (Å²) in [6, 6.07) is 18.3. The predicted octanol–water partition coefficient (Wildman–Crippen LogP) is 4.12. The maximum atomic E-state index is 8.89. The molecule has 0 saturated carbocycles. The third-order valence-electron chi connectivity index (χ3n) is 3.08. The van der Waals surface area contributed by atoms with E-state index in [4.69, 9.17) is 5.26 Å². The normalized spacial score (nSPS) is 9.89. The Morgan fingerprint density at radius 1 is 1.11 bits per heavy atom. The molecule has 2 rings (SSSR count). The minimum absolute atomic E-state index is 0.709. The third-order valence-corrected chi connectivity index (χ3v) is 3.08. The summed E-state index contributed by atoms with van der Waals surface area (Å²) in [5.74, 6) is 0. The second-order valence-corrected chi connectivity index (χ2v) is 4.57. The van der Waals surface area contributed by atoms with E-state index < -0.39 is 0 Å². The molecule has 0 amide bonds. The standard InChI is InChI=1S/C17H18N2/c1-2-6-16-9-3-4-10-17(16)19-13-15-8-5-7-14(11-15)12-18/h3-5,7-11,19H,2,6,13H2,1H3. The summed E-state index contributed by atoms with van der Waals surface area (Å²) in [6.45, 7) is 2.93. The molecule has 0 spiro atoms. The zero-order chi connectivity index (χ0) is 13.5. The summed E-state index contributed by atoms with van der Waals surface area (Å²) in [5.41, 5.74) is 4.37. The summed E-state index contributed by atoms with van der Waals surface area (Å²) in [5, 5.41) is 12.3. The first kappa shape index (κ1) is 13.2. The Kier molecular flexibility index (Phi) is 4.58. The van der Waals surface area contributed by atoms with Crippen LogP contribution in [0.5, 0.6) is 0 Å². The topological polar surface area (TPSA) is 35.8 Å². The average Bonchev–Trinajstić information content (AvgIpc) is 2.47. The van der Waals surface area contributed by atoms with Crippen molar-refractivity contribution >= 4 is 5.69 Å². The number of nitrogens with one attached hydrogen (secondary N) is 1. The number of hydrogen-bond acceptors (Lipinski definition) is 2. The van der Waals surface area contributed by atoms with Crippen molar-refractivity contribution in [1.82, 2.24) is 0 Å². The van der Waals surface area contributed by atoms with Crippen LogP contribution in [0.25, 0.3) is 0 Å². The van der Waals surface area contributed by atoms with Crippen molar-refractivity contribution in [2.75, 3.05) is 5.32 Å². The van der Waals surface area contributed by atoms with Crippen LogP contribution < -0.4 is 5.32 Å². The van der Waals surface area contributed by atoms with E-state index in [0.717, 1.165) is 24.9 Å². The minimum Gasteiger partial charge on any atom is -0.381 e. The molecule has 0 unspecified atom stereocenters. The zero-order valence-corrected chi connectivity index (χ0v) is 11.2. The second kappa shape index (κ2) is 6.61. The van der Waals surface area contributed by atoms with E-state index in [1.165, 1.54) is 11.3 Å². The van der Waals surface area contributed by atoms with Gasteiger partial charge in [-0.05, 0) is 35.7 Å². The van der Waals surface area contributed by atoms with Crippen molar-refractivity contribution in [2.24, 2.45) is 0 Å². The average molecular weight is 250 g/mol. The Hall–Kier alpha value is -2.27. The molecule has 0 aliphatic rings. The highest BCUT2D eigenvalue weighted by Crippen LogP contribution is 2.18. The van der Waals surface area contributed by atoms with Crippen LogP contribution in [-0.4, -0.2) is 0 Å². The first-order valence-electron chi connectivity index (χ1n) is 6.64. The Bertz CT molecular complexity index is 582. The lowest BCUT2D eigenvalue weighted by molar-refractivity contribution is 0.919. The Morgan fingerprint density at radius 3 is 2.74 bits per heavy atom. The van der Waals surface area contributed by atoms with Gasteiger partial charge >= 0.3 is 0 Å². The van der Waals surface area contributed by atoms with Gasteiger partial charge in [0.1, 0.15) is 0 Å². The quantitative estimate of drug-likeness (QED) is 0.866. The molecule has 0 fully saturated rings. The number of para-hydroxylation sites is 1. The number of anilines is 1. The second-order valence-electron chi connectivity index (χ2n) is 4.57. The molecule has 0 aliphatic heterocycles. The van der Waals surface area contributed by atoms with Crippen LogP contribution in [0.15, 0.2) is 48.5 Å². The lowest BCUT2D eigenvalue weighted by atomic mass is 10.1. The molecular formula is C17H18N2. The van der Waals surface area contributed by atoms with E-state index in [1.807, 2.05) is 30.3 Å². The van der Waals surface area contributed by atoms with Gasteiger partial charge < -0.3 is 5.32 Å². The fourth-order valence-electron chi connectivity index (χ4n) is 2.13. The number of nitrogens with zero attached hydrogens (tertiary/aromatic N) is 1. The van der Waals surface area contributed by atoms with E-state index in [-0.39, 0.29) is 0 Å². The maximum absolute atomic E-state index is 8.89. The molecular weight excluding hydrogens is 232 g/mol. The van der Waals surface area contributed by atoms with E-state index in [1.54, 1.807) is 0 Å². The van der Waals surface area contributed by atoms with Crippen molar-refractivity contribution < 1.29 is 0 Å². The molecule has 0 aliphatic carbocycles. The van der Waals surface area contributed by atoms with Crippen LogP contribution in [0, 0.1) is 11.3 Å². The van der Waals surface area contributed by atoms with Crippen LogP contribution in [0.1, 0.15) is 30.0 Å². The van der Waals surface area contributed by atoms with Crippen LogP contribution in [-0.2, 0) is 13.0 Å². The van der Waals surface area contributed by atoms with Crippen LogP contribution in [0.2, 0.25) is 0 Å². The molecule has 2 heteroatoms. The molecule has 2 nitrogen and oxygen atoms in total. The van der Waals surface area contributed by atoms with Gasteiger partial charge in [-0.2, -0.15) is 5.26 Å². The number of aryl methyl sites for hydroxylation is 1. The highest BCUT2D eigenvalue weighted by atomic mass is 14.9. The monoisotopic (exact) mass is 250 g/mol. The Labute approximate surface area is 114 Å². The molecule has 0 atom stereocenters. The first-order chi connectivity index (χ1) is 9.33. The Morgan fingerprint density at radius 2 is 1.95 bits per heavy atom. The van der Waals surface area contributed by atoms with Gasteiger partial charge in [0.15, 0.2) is 0 Å². The van der Waals surface area contributed by atoms with Crippen molar-refractivity contribution in [3.8, 4) is 6.07 Å². The van der Waals surface area contributed by atoms with Gasteiger partial charge in [-0.1, -0.05) is 43.7 Å². The summed E-state index contributed by atoms with van der Waals surface area (Å²) >= 11 is 0.